The van der Waals surface area contributed by atoms with E-state index in [1.807, 2.05) is 0 Å². The molecule has 0 aromatic heterocycles. The van der Waals surface area contributed by atoms with E-state index in [0.717, 1.165) is 0 Å². The normalized spacial score (nSPS) is 7.43. The zero-order chi connectivity index (χ0) is 5.86. The summed E-state index contributed by atoms with van der Waals surface area (Å²) < 4.78 is 0. The number of hydrogen-bond acceptors (Lipinski definition) is 1. The molecule has 0 saturated heterocycles. The third-order valence-electron chi connectivity index (χ3n) is 0.563. The van der Waals surface area contributed by atoms with Crippen LogP contribution in [-0.2, 0) is 4.79 Å². The predicted octanol–water partition coefficient (Wildman–Crippen LogP) is 0.214. The molecule has 0 heterocycles. The lowest BCUT2D eigenvalue weighted by Crippen LogP contribution is -2.10. The molecule has 0 aliphatic carbocycles. The highest BCUT2D eigenvalue weighted by Gasteiger charge is 1.90. The minimum atomic E-state index is -0.519. The molecular formula is C5H7NO. The van der Waals surface area contributed by atoms with Gasteiger partial charge in [0.25, 0.3) is 0 Å². The highest BCUT2D eigenvalue weighted by molar-refractivity contribution is 5.93. The summed E-state index contributed by atoms with van der Waals surface area (Å²) in [6, 6.07) is 0. The van der Waals surface area contributed by atoms with Gasteiger partial charge in [0.2, 0.25) is 5.91 Å². The van der Waals surface area contributed by atoms with Crippen molar-refractivity contribution in [1.29, 1.82) is 0 Å². The van der Waals surface area contributed by atoms with Crippen LogP contribution in [0.3, 0.4) is 0 Å². The molecule has 2 N–H and O–H groups in total. The molecule has 0 atom stereocenters. The van der Waals surface area contributed by atoms with Crippen LogP contribution in [0.1, 0.15) is 0 Å². The minimum Gasteiger partial charge on any atom is -0.366 e. The lowest BCUT2D eigenvalue weighted by Gasteiger charge is -1.84. The van der Waals surface area contributed by atoms with Gasteiger partial charge in [-0.05, 0) is 0 Å². The molecule has 2 heteroatoms. The number of carbonyl (C=O) groups is 1. The van der Waals surface area contributed by atoms with E-state index < -0.39 is 5.91 Å². The first-order chi connectivity index (χ1) is 3.18. The number of carbonyl (C=O) groups excluding carboxylic acids is 1. The molecule has 0 spiro atoms. The van der Waals surface area contributed by atoms with E-state index >= 15 is 0 Å². The van der Waals surface area contributed by atoms with Crippen molar-refractivity contribution in [2.45, 2.75) is 0 Å². The summed E-state index contributed by atoms with van der Waals surface area (Å²) in [5, 5.41) is 0. The summed E-state index contributed by atoms with van der Waals surface area (Å²) in [5.74, 6) is -0.519. The Hall–Kier alpha value is -1.05. The average molecular weight is 97.1 g/mol. The van der Waals surface area contributed by atoms with Crippen LogP contribution in [0.5, 0.6) is 0 Å². The fourth-order valence-corrected chi connectivity index (χ4v) is 0.101. The standard InChI is InChI=1S/C5H7NO/c1-3-4(2)5(6)7/h3H,1-2H2,(H2,6,7). The first kappa shape index (κ1) is 5.95. The highest BCUT2D eigenvalue weighted by Crippen LogP contribution is 1.84. The van der Waals surface area contributed by atoms with Crippen LogP contribution in [0, 0.1) is 0 Å². The molecule has 0 fully saturated rings. The molecule has 0 radical (unpaired) electrons. The number of primary amides is 1. The van der Waals surface area contributed by atoms with Gasteiger partial charge in [-0.15, -0.1) is 0 Å². The summed E-state index contributed by atoms with van der Waals surface area (Å²) in [4.78, 5) is 9.98. The molecular weight excluding hydrogens is 90.1 g/mol. The fourth-order valence-electron chi connectivity index (χ4n) is 0.101. The van der Waals surface area contributed by atoms with Gasteiger partial charge in [0.1, 0.15) is 0 Å². The van der Waals surface area contributed by atoms with Gasteiger partial charge in [0.05, 0.1) is 0 Å². The van der Waals surface area contributed by atoms with Gasteiger partial charge in [-0.3, -0.25) is 4.79 Å². The average Bonchev–Trinajstić information content (AvgIpc) is 1.65. The van der Waals surface area contributed by atoms with Gasteiger partial charge >= 0.3 is 0 Å². The van der Waals surface area contributed by atoms with E-state index in [1.165, 1.54) is 6.08 Å². The lowest BCUT2D eigenvalue weighted by atomic mass is 10.3. The maximum atomic E-state index is 9.98. The topological polar surface area (TPSA) is 43.1 Å². The second-order valence-corrected chi connectivity index (χ2v) is 1.09. The Balaban J connectivity index is 3.81. The van der Waals surface area contributed by atoms with Crippen LogP contribution < -0.4 is 5.73 Å². The van der Waals surface area contributed by atoms with Crippen LogP contribution >= 0.6 is 0 Å². The summed E-state index contributed by atoms with van der Waals surface area (Å²) in [5.41, 5.74) is 4.99. The molecule has 0 aliphatic heterocycles. The number of nitrogens with two attached hydrogens (primary N) is 1. The third-order valence-corrected chi connectivity index (χ3v) is 0.563. The molecule has 0 aromatic carbocycles. The van der Waals surface area contributed by atoms with E-state index in [0.29, 0.717) is 0 Å². The van der Waals surface area contributed by atoms with Crippen molar-refractivity contribution in [3.8, 4) is 0 Å². The monoisotopic (exact) mass is 97.1 g/mol. The van der Waals surface area contributed by atoms with Crippen molar-refractivity contribution in [2.24, 2.45) is 5.73 Å². The van der Waals surface area contributed by atoms with Gasteiger partial charge in [0.15, 0.2) is 0 Å². The molecule has 0 aliphatic rings. The fraction of sp³-hybridized carbons (Fsp3) is 0. The first-order valence-electron chi connectivity index (χ1n) is 1.79. The van der Waals surface area contributed by atoms with Crippen LogP contribution in [0.15, 0.2) is 24.8 Å². The second kappa shape index (κ2) is 2.18. The molecule has 38 valence electrons. The summed E-state index contributed by atoms with van der Waals surface area (Å²) in [6.45, 7) is 6.56. The zero-order valence-electron chi connectivity index (χ0n) is 3.98. The van der Waals surface area contributed by atoms with E-state index in [2.05, 4.69) is 13.2 Å². The Labute approximate surface area is 42.3 Å². The Kier molecular flexibility index (Phi) is 1.85. The number of hydrogen-bond donors (Lipinski definition) is 1. The highest BCUT2D eigenvalue weighted by atomic mass is 16.1. The van der Waals surface area contributed by atoms with Crippen molar-refractivity contribution in [3.63, 3.8) is 0 Å². The van der Waals surface area contributed by atoms with Crippen LogP contribution in [0.4, 0.5) is 0 Å². The van der Waals surface area contributed by atoms with Crippen LogP contribution in [0.2, 0.25) is 0 Å². The zero-order valence-corrected chi connectivity index (χ0v) is 3.98. The summed E-state index contributed by atoms with van der Waals surface area (Å²) in [6.07, 6.45) is 1.32. The van der Waals surface area contributed by atoms with Crippen molar-refractivity contribution in [3.05, 3.63) is 24.8 Å². The smallest absolute Gasteiger partial charge is 0.248 e. The summed E-state index contributed by atoms with van der Waals surface area (Å²) in [7, 11) is 0. The molecule has 2 nitrogen and oxygen atoms in total. The van der Waals surface area contributed by atoms with Crippen molar-refractivity contribution >= 4 is 5.91 Å². The molecule has 7 heavy (non-hydrogen) atoms. The maximum absolute atomic E-state index is 9.98. The van der Waals surface area contributed by atoms with Crippen LogP contribution in [0.25, 0.3) is 0 Å². The molecule has 0 bridgehead atoms. The minimum absolute atomic E-state index is 0.250. The van der Waals surface area contributed by atoms with Gasteiger partial charge in [-0.25, -0.2) is 0 Å². The Morgan fingerprint density at radius 2 is 2.14 bits per heavy atom. The lowest BCUT2D eigenvalue weighted by molar-refractivity contribution is -0.114. The Morgan fingerprint density at radius 1 is 1.71 bits per heavy atom. The van der Waals surface area contributed by atoms with E-state index in [-0.39, 0.29) is 5.57 Å². The second-order valence-electron chi connectivity index (χ2n) is 1.09. The number of rotatable bonds is 2. The molecule has 0 aromatic rings. The van der Waals surface area contributed by atoms with Gasteiger partial charge < -0.3 is 5.73 Å². The molecule has 0 unspecified atom stereocenters. The SMILES string of the molecule is C=CC(=C)C(N)=O. The number of amides is 1. The first-order valence-corrected chi connectivity index (χ1v) is 1.79. The van der Waals surface area contributed by atoms with Crippen LogP contribution in [-0.4, -0.2) is 5.91 Å². The van der Waals surface area contributed by atoms with Crippen molar-refractivity contribution in [2.75, 3.05) is 0 Å². The Morgan fingerprint density at radius 3 is 2.14 bits per heavy atom. The molecule has 0 saturated carbocycles. The van der Waals surface area contributed by atoms with Gasteiger partial charge in [0, 0.05) is 5.57 Å². The van der Waals surface area contributed by atoms with Gasteiger partial charge in [-0.2, -0.15) is 0 Å². The van der Waals surface area contributed by atoms with E-state index in [9.17, 15) is 4.79 Å². The van der Waals surface area contributed by atoms with Crippen molar-refractivity contribution < 1.29 is 4.79 Å². The quantitative estimate of drug-likeness (QED) is 0.388. The van der Waals surface area contributed by atoms with Crippen molar-refractivity contribution in [1.82, 2.24) is 0 Å². The molecule has 1 amide bonds. The van der Waals surface area contributed by atoms with E-state index in [4.69, 9.17) is 5.73 Å². The predicted molar refractivity (Wildman–Crippen MR) is 28.5 cm³/mol. The molecule has 0 rings (SSSR count). The third kappa shape index (κ3) is 1.76. The maximum Gasteiger partial charge on any atom is 0.248 e. The largest absolute Gasteiger partial charge is 0.366 e. The Bertz CT molecular complexity index is 115. The summed E-state index contributed by atoms with van der Waals surface area (Å²) >= 11 is 0. The van der Waals surface area contributed by atoms with Gasteiger partial charge in [-0.1, -0.05) is 19.2 Å². The van der Waals surface area contributed by atoms with E-state index in [1.54, 1.807) is 0 Å².